The van der Waals surface area contributed by atoms with E-state index in [1.165, 1.54) is 19.3 Å². The zero-order valence-corrected chi connectivity index (χ0v) is 6.62. The Labute approximate surface area is 66.6 Å². The van der Waals surface area contributed by atoms with Gasteiger partial charge in [-0.1, -0.05) is 6.42 Å². The number of fused-ring (bicyclic) bond motifs is 2. The van der Waals surface area contributed by atoms with Gasteiger partial charge >= 0.3 is 0 Å². The molecule has 0 spiro atoms. The summed E-state index contributed by atoms with van der Waals surface area (Å²) < 4.78 is 0. The van der Waals surface area contributed by atoms with E-state index in [1.807, 2.05) is 0 Å². The first-order valence-electron chi connectivity index (χ1n) is 4.45. The molecule has 0 aliphatic heterocycles. The Morgan fingerprint density at radius 3 is 2.64 bits per heavy atom. The summed E-state index contributed by atoms with van der Waals surface area (Å²) in [4.78, 5) is 11.2. The van der Waals surface area contributed by atoms with Gasteiger partial charge in [-0.25, -0.2) is 0 Å². The smallest absolute Gasteiger partial charge is 0.161 e. The molecule has 2 fully saturated rings. The molecule has 0 radical (unpaired) electrons. The van der Waals surface area contributed by atoms with Crippen molar-refractivity contribution >= 4 is 5.78 Å². The zero-order chi connectivity index (χ0) is 7.84. The number of rotatable bonds is 2. The Bertz CT molecular complexity index is 176. The predicted octanol–water partition coefficient (Wildman–Crippen LogP) is 0.984. The van der Waals surface area contributed by atoms with Gasteiger partial charge in [-0.15, -0.1) is 0 Å². The van der Waals surface area contributed by atoms with Crippen molar-refractivity contribution in [3.63, 3.8) is 0 Å². The van der Waals surface area contributed by atoms with Crippen LogP contribution in [0.25, 0.3) is 0 Å². The topological polar surface area (TPSA) is 37.3 Å². The maximum Gasteiger partial charge on any atom is 0.161 e. The van der Waals surface area contributed by atoms with Crippen LogP contribution in [0.1, 0.15) is 25.7 Å². The summed E-state index contributed by atoms with van der Waals surface area (Å²) in [6.07, 6.45) is 4.85. The van der Waals surface area contributed by atoms with E-state index >= 15 is 0 Å². The third kappa shape index (κ3) is 1.09. The van der Waals surface area contributed by atoms with Crippen molar-refractivity contribution in [2.24, 2.45) is 17.8 Å². The summed E-state index contributed by atoms with van der Waals surface area (Å²) in [6.45, 7) is -0.242. The maximum atomic E-state index is 11.2. The molecule has 0 aromatic rings. The van der Waals surface area contributed by atoms with Gasteiger partial charge in [0.2, 0.25) is 0 Å². The average molecular weight is 154 g/mol. The Morgan fingerprint density at radius 1 is 1.36 bits per heavy atom. The lowest BCUT2D eigenvalue weighted by Gasteiger charge is -2.18. The van der Waals surface area contributed by atoms with Gasteiger partial charge in [0.05, 0.1) is 0 Å². The van der Waals surface area contributed by atoms with Crippen molar-refractivity contribution in [2.45, 2.75) is 25.7 Å². The Balaban J connectivity index is 2.02. The van der Waals surface area contributed by atoms with E-state index in [1.54, 1.807) is 0 Å². The van der Waals surface area contributed by atoms with Gasteiger partial charge in [0.1, 0.15) is 6.61 Å². The number of ketones is 1. The maximum absolute atomic E-state index is 11.2. The lowest BCUT2D eigenvalue weighted by Crippen LogP contribution is -2.23. The van der Waals surface area contributed by atoms with Crippen LogP contribution in [0.2, 0.25) is 0 Å². The van der Waals surface area contributed by atoms with E-state index in [0.29, 0.717) is 5.92 Å². The molecule has 0 heterocycles. The molecule has 3 atom stereocenters. The summed E-state index contributed by atoms with van der Waals surface area (Å²) >= 11 is 0. The second kappa shape index (κ2) is 2.59. The quantitative estimate of drug-likeness (QED) is 0.644. The zero-order valence-electron chi connectivity index (χ0n) is 6.62. The first kappa shape index (κ1) is 7.29. The number of carbonyl (C=O) groups excluding carboxylic acids is 1. The van der Waals surface area contributed by atoms with Gasteiger partial charge in [-0.2, -0.15) is 0 Å². The van der Waals surface area contributed by atoms with Gasteiger partial charge in [-0.05, 0) is 31.1 Å². The Kier molecular flexibility index (Phi) is 1.72. The first-order chi connectivity index (χ1) is 5.31. The van der Waals surface area contributed by atoms with Crippen LogP contribution in [0.15, 0.2) is 0 Å². The molecule has 2 nitrogen and oxygen atoms in total. The highest BCUT2D eigenvalue weighted by Crippen LogP contribution is 2.48. The van der Waals surface area contributed by atoms with Gasteiger partial charge < -0.3 is 5.11 Å². The minimum atomic E-state index is -0.242. The third-order valence-electron chi connectivity index (χ3n) is 3.31. The lowest BCUT2D eigenvalue weighted by atomic mass is 9.86. The van der Waals surface area contributed by atoms with Crippen molar-refractivity contribution in [3.05, 3.63) is 0 Å². The summed E-state index contributed by atoms with van der Waals surface area (Å²) in [5.74, 6) is 1.73. The van der Waals surface area contributed by atoms with Crippen molar-refractivity contribution in [1.29, 1.82) is 0 Å². The van der Waals surface area contributed by atoms with Gasteiger partial charge in [0, 0.05) is 5.92 Å². The number of hydrogen-bond acceptors (Lipinski definition) is 2. The van der Waals surface area contributed by atoms with Gasteiger partial charge in [0.25, 0.3) is 0 Å². The molecule has 2 bridgehead atoms. The minimum Gasteiger partial charge on any atom is -0.389 e. The number of aliphatic hydroxyl groups is 1. The average Bonchev–Trinajstić information content (AvgIpc) is 2.62. The van der Waals surface area contributed by atoms with E-state index < -0.39 is 0 Å². The van der Waals surface area contributed by atoms with Crippen LogP contribution < -0.4 is 0 Å². The molecule has 2 aliphatic rings. The Morgan fingerprint density at radius 2 is 2.18 bits per heavy atom. The molecule has 0 unspecified atom stereocenters. The standard InChI is InChI=1S/C9H14O2/c10-5-9(11)8-4-6-1-2-7(8)3-6/h6-8,10H,1-5H2/t6-,7+,8+/m1/s1. The normalized spacial score (nSPS) is 41.4. The molecule has 2 rings (SSSR count). The number of carbonyl (C=O) groups is 1. The molecular weight excluding hydrogens is 140 g/mol. The summed E-state index contributed by atoms with van der Waals surface area (Å²) in [6, 6.07) is 0. The minimum absolute atomic E-state index is 0.0807. The number of hydrogen-bond donors (Lipinski definition) is 1. The summed E-state index contributed by atoms with van der Waals surface area (Å²) in [5, 5.41) is 8.67. The molecule has 0 saturated heterocycles. The highest BCUT2D eigenvalue weighted by atomic mass is 16.3. The van der Waals surface area contributed by atoms with Crippen LogP contribution in [0, 0.1) is 17.8 Å². The monoisotopic (exact) mass is 154 g/mol. The second-order valence-corrected chi connectivity index (χ2v) is 3.91. The molecule has 1 N–H and O–H groups in total. The first-order valence-corrected chi connectivity index (χ1v) is 4.45. The van der Waals surface area contributed by atoms with E-state index in [-0.39, 0.29) is 18.3 Å². The van der Waals surface area contributed by atoms with Crippen molar-refractivity contribution in [3.8, 4) is 0 Å². The summed E-state index contributed by atoms with van der Waals surface area (Å²) in [5.41, 5.74) is 0. The molecule has 2 aliphatic carbocycles. The molecule has 2 saturated carbocycles. The molecule has 0 amide bonds. The molecule has 0 aromatic carbocycles. The van der Waals surface area contributed by atoms with Crippen molar-refractivity contribution < 1.29 is 9.90 Å². The van der Waals surface area contributed by atoms with Crippen molar-refractivity contribution in [1.82, 2.24) is 0 Å². The fourth-order valence-corrected chi connectivity index (χ4v) is 2.76. The highest BCUT2D eigenvalue weighted by molar-refractivity contribution is 5.82. The van der Waals surface area contributed by atoms with E-state index in [0.717, 1.165) is 12.3 Å². The van der Waals surface area contributed by atoms with Gasteiger partial charge in [0.15, 0.2) is 5.78 Å². The van der Waals surface area contributed by atoms with Crippen LogP contribution in [0.4, 0.5) is 0 Å². The molecule has 11 heavy (non-hydrogen) atoms. The fraction of sp³-hybridized carbons (Fsp3) is 0.889. The van der Waals surface area contributed by atoms with E-state index in [4.69, 9.17) is 5.11 Å². The van der Waals surface area contributed by atoms with Crippen LogP contribution in [0.3, 0.4) is 0 Å². The summed E-state index contributed by atoms with van der Waals surface area (Å²) in [7, 11) is 0. The van der Waals surface area contributed by atoms with Crippen LogP contribution >= 0.6 is 0 Å². The number of Topliss-reactive ketones (excluding diaryl/α,β-unsaturated/α-hetero) is 1. The SMILES string of the molecule is O=C(CO)[C@H]1C[C@@H]2CC[C@H]1C2. The molecular formula is C9H14O2. The molecule has 0 aromatic heterocycles. The fourth-order valence-electron chi connectivity index (χ4n) is 2.76. The Hall–Kier alpha value is -0.370. The van der Waals surface area contributed by atoms with E-state index in [2.05, 4.69) is 0 Å². The third-order valence-corrected chi connectivity index (χ3v) is 3.31. The van der Waals surface area contributed by atoms with Crippen LogP contribution in [-0.2, 0) is 4.79 Å². The van der Waals surface area contributed by atoms with Crippen molar-refractivity contribution in [2.75, 3.05) is 6.61 Å². The second-order valence-electron chi connectivity index (χ2n) is 3.91. The number of aliphatic hydroxyl groups excluding tert-OH is 1. The van der Waals surface area contributed by atoms with Crippen LogP contribution in [0.5, 0.6) is 0 Å². The van der Waals surface area contributed by atoms with Gasteiger partial charge in [-0.3, -0.25) is 4.79 Å². The molecule has 2 heteroatoms. The predicted molar refractivity (Wildman–Crippen MR) is 41.0 cm³/mol. The van der Waals surface area contributed by atoms with Crippen LogP contribution in [-0.4, -0.2) is 17.5 Å². The highest BCUT2D eigenvalue weighted by Gasteiger charge is 2.42. The largest absolute Gasteiger partial charge is 0.389 e. The van der Waals surface area contributed by atoms with E-state index in [9.17, 15) is 4.79 Å². The lowest BCUT2D eigenvalue weighted by molar-refractivity contribution is -0.127. The molecule has 62 valence electrons.